The molecule has 3 rings (SSSR count). The van der Waals surface area contributed by atoms with Crippen molar-refractivity contribution < 1.29 is 4.79 Å². The first-order valence-corrected chi connectivity index (χ1v) is 10.3. The highest BCUT2D eigenvalue weighted by molar-refractivity contribution is 7.13. The predicted molar refractivity (Wildman–Crippen MR) is 99.5 cm³/mol. The van der Waals surface area contributed by atoms with Crippen LogP contribution in [0.5, 0.6) is 0 Å². The lowest BCUT2D eigenvalue weighted by Gasteiger charge is -2.31. The Balaban J connectivity index is 1.37. The van der Waals surface area contributed by atoms with E-state index in [1.165, 1.54) is 25.8 Å². The Hall–Kier alpha value is -1.14. The van der Waals surface area contributed by atoms with Gasteiger partial charge in [-0.05, 0) is 57.7 Å². The molecule has 0 unspecified atom stereocenters. The van der Waals surface area contributed by atoms with E-state index in [-0.39, 0.29) is 5.91 Å². The van der Waals surface area contributed by atoms with Gasteiger partial charge in [0.15, 0.2) is 5.13 Å². The molecule has 1 N–H and O–H groups in total. The Bertz CT molecular complexity index is 519. The highest BCUT2D eigenvalue weighted by atomic mass is 32.1. The lowest BCUT2D eigenvalue weighted by molar-refractivity contribution is -0.122. The third-order valence-corrected chi connectivity index (χ3v) is 6.05. The van der Waals surface area contributed by atoms with E-state index in [1.54, 1.807) is 11.3 Å². The number of amides is 1. The molecule has 0 aromatic carbocycles. The van der Waals surface area contributed by atoms with Gasteiger partial charge in [-0.1, -0.05) is 6.92 Å². The number of carbonyl (C=O) groups is 1. The second kappa shape index (κ2) is 8.81. The van der Waals surface area contributed by atoms with Crippen molar-refractivity contribution in [1.82, 2.24) is 15.2 Å². The van der Waals surface area contributed by atoms with Crippen LogP contribution in [-0.4, -0.2) is 48.5 Å². The van der Waals surface area contributed by atoms with Gasteiger partial charge in [-0.3, -0.25) is 4.79 Å². The minimum absolute atomic E-state index is 0.180. The summed E-state index contributed by atoms with van der Waals surface area (Å²) in [6, 6.07) is 0. The fraction of sp³-hybridized carbons (Fsp3) is 0.778. The smallest absolute Gasteiger partial charge is 0.220 e. The molecular formula is C18H30N4OS. The lowest BCUT2D eigenvalue weighted by Crippen LogP contribution is -2.36. The molecule has 1 aromatic rings. The van der Waals surface area contributed by atoms with Crippen molar-refractivity contribution in [3.8, 4) is 0 Å². The normalized spacial score (nSPS) is 19.8. The monoisotopic (exact) mass is 350 g/mol. The average molecular weight is 351 g/mol. The number of nitrogens with one attached hydrogen (secondary N) is 1. The molecule has 2 aliphatic heterocycles. The molecule has 0 atom stereocenters. The summed E-state index contributed by atoms with van der Waals surface area (Å²) in [6.07, 6.45) is 6.74. The van der Waals surface area contributed by atoms with E-state index in [0.29, 0.717) is 18.9 Å². The van der Waals surface area contributed by atoms with E-state index in [9.17, 15) is 4.79 Å². The zero-order valence-electron chi connectivity index (χ0n) is 14.8. The van der Waals surface area contributed by atoms with E-state index >= 15 is 0 Å². The first kappa shape index (κ1) is 17.7. The van der Waals surface area contributed by atoms with Crippen molar-refractivity contribution in [2.45, 2.75) is 52.0 Å². The summed E-state index contributed by atoms with van der Waals surface area (Å²) in [5, 5.41) is 6.25. The minimum atomic E-state index is 0.180. The number of rotatable bonds is 7. The summed E-state index contributed by atoms with van der Waals surface area (Å²) in [5.74, 6) is 0.730. The molecule has 134 valence electrons. The Morgan fingerprint density at radius 2 is 2.04 bits per heavy atom. The molecule has 0 radical (unpaired) electrons. The van der Waals surface area contributed by atoms with Crippen LogP contribution in [0.2, 0.25) is 0 Å². The van der Waals surface area contributed by atoms with Crippen LogP contribution in [0.4, 0.5) is 5.13 Å². The van der Waals surface area contributed by atoms with Crippen LogP contribution in [-0.2, 0) is 11.3 Å². The number of carbonyl (C=O) groups excluding carboxylic acids is 1. The first-order chi connectivity index (χ1) is 11.7. The van der Waals surface area contributed by atoms with E-state index in [0.717, 1.165) is 49.8 Å². The van der Waals surface area contributed by atoms with Crippen LogP contribution in [0.25, 0.3) is 0 Å². The van der Waals surface area contributed by atoms with Crippen LogP contribution in [0.1, 0.15) is 51.1 Å². The van der Waals surface area contributed by atoms with Crippen LogP contribution >= 0.6 is 11.3 Å². The lowest BCUT2D eigenvalue weighted by atomic mass is 9.93. The van der Waals surface area contributed by atoms with Crippen LogP contribution in [0, 0.1) is 5.92 Å². The van der Waals surface area contributed by atoms with Crippen molar-refractivity contribution in [3.63, 3.8) is 0 Å². The van der Waals surface area contributed by atoms with E-state index in [1.807, 2.05) is 0 Å². The topological polar surface area (TPSA) is 48.5 Å². The Morgan fingerprint density at radius 3 is 2.75 bits per heavy atom. The van der Waals surface area contributed by atoms with Crippen molar-refractivity contribution in [2.24, 2.45) is 5.92 Å². The van der Waals surface area contributed by atoms with Crippen molar-refractivity contribution in [3.05, 3.63) is 11.1 Å². The zero-order chi connectivity index (χ0) is 16.8. The van der Waals surface area contributed by atoms with Gasteiger partial charge in [-0.15, -0.1) is 11.3 Å². The average Bonchev–Trinajstić information content (AvgIpc) is 3.26. The van der Waals surface area contributed by atoms with Gasteiger partial charge in [0.1, 0.15) is 0 Å². The number of hydrogen-bond donors (Lipinski definition) is 1. The van der Waals surface area contributed by atoms with E-state index in [2.05, 4.69) is 32.4 Å². The molecular weight excluding hydrogens is 320 g/mol. The molecule has 0 saturated carbocycles. The predicted octanol–water partition coefficient (Wildman–Crippen LogP) is 2.87. The van der Waals surface area contributed by atoms with E-state index in [4.69, 9.17) is 0 Å². The summed E-state index contributed by atoms with van der Waals surface area (Å²) in [7, 11) is 0. The Labute approximate surface area is 149 Å². The third kappa shape index (κ3) is 4.93. The van der Waals surface area contributed by atoms with Crippen molar-refractivity contribution in [2.75, 3.05) is 37.6 Å². The molecule has 1 aromatic heterocycles. The standard InChI is InChI=1S/C18H30N4OS/c1-2-7-21-10-5-15(6-11-21)12-17(23)19-13-16-14-24-18(20-16)22-8-3-4-9-22/h14-15H,2-13H2,1H3,(H,19,23). The summed E-state index contributed by atoms with van der Waals surface area (Å²) in [5.41, 5.74) is 0.994. The Kier molecular flexibility index (Phi) is 6.49. The second-order valence-corrected chi connectivity index (χ2v) is 7.92. The van der Waals surface area contributed by atoms with Gasteiger partial charge in [0, 0.05) is 24.9 Å². The molecule has 1 amide bonds. The minimum Gasteiger partial charge on any atom is -0.350 e. The molecule has 0 spiro atoms. The van der Waals surface area contributed by atoms with Crippen LogP contribution in [0.15, 0.2) is 5.38 Å². The molecule has 24 heavy (non-hydrogen) atoms. The fourth-order valence-electron chi connectivity index (χ4n) is 3.69. The highest BCUT2D eigenvalue weighted by Gasteiger charge is 2.21. The number of piperidine rings is 1. The van der Waals surface area contributed by atoms with Gasteiger partial charge >= 0.3 is 0 Å². The maximum atomic E-state index is 12.2. The molecule has 3 heterocycles. The maximum absolute atomic E-state index is 12.2. The Morgan fingerprint density at radius 1 is 1.29 bits per heavy atom. The zero-order valence-corrected chi connectivity index (χ0v) is 15.6. The van der Waals surface area contributed by atoms with Crippen LogP contribution in [0.3, 0.4) is 0 Å². The second-order valence-electron chi connectivity index (χ2n) is 7.08. The van der Waals surface area contributed by atoms with Gasteiger partial charge in [0.25, 0.3) is 0 Å². The molecule has 0 aliphatic carbocycles. The number of anilines is 1. The molecule has 2 saturated heterocycles. The fourth-order valence-corrected chi connectivity index (χ4v) is 4.56. The third-order valence-electron chi connectivity index (χ3n) is 5.10. The van der Waals surface area contributed by atoms with Gasteiger partial charge in [0.2, 0.25) is 5.91 Å². The summed E-state index contributed by atoms with van der Waals surface area (Å²) >= 11 is 1.70. The number of hydrogen-bond acceptors (Lipinski definition) is 5. The molecule has 0 bridgehead atoms. The largest absolute Gasteiger partial charge is 0.350 e. The van der Waals surface area contributed by atoms with E-state index < -0.39 is 0 Å². The van der Waals surface area contributed by atoms with Gasteiger partial charge in [0.05, 0.1) is 12.2 Å². The van der Waals surface area contributed by atoms with Crippen molar-refractivity contribution in [1.29, 1.82) is 0 Å². The van der Waals surface area contributed by atoms with Crippen molar-refractivity contribution >= 4 is 22.4 Å². The summed E-state index contributed by atoms with van der Waals surface area (Å²) in [4.78, 5) is 21.7. The number of nitrogens with zero attached hydrogens (tertiary/aromatic N) is 3. The summed E-state index contributed by atoms with van der Waals surface area (Å²) in [6.45, 7) is 8.54. The molecule has 6 heteroatoms. The van der Waals surface area contributed by atoms with Gasteiger partial charge in [-0.25, -0.2) is 4.98 Å². The first-order valence-electron chi connectivity index (χ1n) is 9.43. The molecule has 2 aliphatic rings. The van der Waals surface area contributed by atoms with Gasteiger partial charge < -0.3 is 15.1 Å². The molecule has 5 nitrogen and oxygen atoms in total. The number of aromatic nitrogens is 1. The van der Waals surface area contributed by atoms with Gasteiger partial charge in [-0.2, -0.15) is 0 Å². The number of likely N-dealkylation sites (tertiary alicyclic amines) is 1. The molecule has 2 fully saturated rings. The summed E-state index contributed by atoms with van der Waals surface area (Å²) < 4.78 is 0. The number of thiazole rings is 1. The van der Waals surface area contributed by atoms with Crippen LogP contribution < -0.4 is 10.2 Å². The maximum Gasteiger partial charge on any atom is 0.220 e. The SMILES string of the molecule is CCCN1CCC(CC(=O)NCc2csc(N3CCCC3)n2)CC1. The quantitative estimate of drug-likeness (QED) is 0.821. The highest BCUT2D eigenvalue weighted by Crippen LogP contribution is 2.24.